The van der Waals surface area contributed by atoms with Crippen LogP contribution in [0, 0.1) is 5.82 Å². The largest absolute Gasteiger partial charge is 0.478 e. The second-order valence-electron chi connectivity index (χ2n) is 11.3. The number of nitrogens with zero attached hydrogens (tertiary/aromatic N) is 4. The van der Waals surface area contributed by atoms with Crippen LogP contribution in [-0.4, -0.2) is 69.6 Å². The van der Waals surface area contributed by atoms with Crippen LogP contribution in [0.4, 0.5) is 4.39 Å². The summed E-state index contributed by atoms with van der Waals surface area (Å²) in [7, 11) is -0.345. The van der Waals surface area contributed by atoms with Crippen molar-refractivity contribution in [3.8, 4) is 5.88 Å². The van der Waals surface area contributed by atoms with Crippen LogP contribution in [0.2, 0.25) is 0 Å². The predicted molar refractivity (Wildman–Crippen MR) is 162 cm³/mol. The van der Waals surface area contributed by atoms with Gasteiger partial charge < -0.3 is 19.1 Å². The molecule has 2 fully saturated rings. The van der Waals surface area contributed by atoms with Crippen molar-refractivity contribution in [3.63, 3.8) is 0 Å². The van der Waals surface area contributed by atoms with Gasteiger partial charge in [-0.1, -0.05) is 26.1 Å². The molecule has 2 saturated heterocycles. The van der Waals surface area contributed by atoms with Crippen LogP contribution in [0.15, 0.2) is 54.6 Å². The topological polar surface area (TPSA) is 89.7 Å². The summed E-state index contributed by atoms with van der Waals surface area (Å²) in [6.07, 6.45) is 3.05. The summed E-state index contributed by atoms with van der Waals surface area (Å²) >= 11 is 0. The maximum atomic E-state index is 14.6. The van der Waals surface area contributed by atoms with Crippen molar-refractivity contribution in [2.45, 2.75) is 51.0 Å². The number of carbonyl (C=O) groups is 1. The lowest BCUT2D eigenvalue weighted by molar-refractivity contribution is -0.0592. The average molecular weight is 591 g/mol. The third-order valence-corrected chi connectivity index (χ3v) is 9.61. The first-order valence-corrected chi connectivity index (χ1v) is 16.7. The number of rotatable bonds is 10. The molecule has 4 aromatic rings. The molecule has 6 rings (SSSR count). The van der Waals surface area contributed by atoms with E-state index in [1.807, 2.05) is 30.3 Å². The number of hydrogen-bond donors (Lipinski definition) is 1. The van der Waals surface area contributed by atoms with Gasteiger partial charge in [0.2, 0.25) is 5.88 Å². The van der Waals surface area contributed by atoms with E-state index in [0.29, 0.717) is 30.5 Å². The lowest BCUT2D eigenvalue weighted by Gasteiger charge is -2.32. The minimum atomic E-state index is -0.940. The highest BCUT2D eigenvalue weighted by atomic mass is 31.1. The van der Waals surface area contributed by atoms with Crippen LogP contribution >= 0.6 is 7.92 Å². The molecule has 1 unspecified atom stereocenters. The maximum Gasteiger partial charge on any atom is 0.335 e. The summed E-state index contributed by atoms with van der Waals surface area (Å²) in [5, 5.41) is 10.5. The summed E-state index contributed by atoms with van der Waals surface area (Å²) in [6, 6.07) is 16.4. The van der Waals surface area contributed by atoms with E-state index in [1.54, 1.807) is 24.3 Å². The SMILES string of the molecule is CP(C)c1ccc(COc2cccc(C3CCN(Cc4nc5ccc(C(=O)O)cc5n4CC4CCO4)CC3)n2)c(F)c1. The monoisotopic (exact) mass is 590 g/mol. The highest BCUT2D eigenvalue weighted by Crippen LogP contribution is 2.30. The fourth-order valence-electron chi connectivity index (χ4n) is 5.67. The zero-order valence-electron chi connectivity index (χ0n) is 24.0. The van der Waals surface area contributed by atoms with Crippen LogP contribution < -0.4 is 10.0 Å². The Morgan fingerprint density at radius 2 is 1.90 bits per heavy atom. The number of carboxylic acids is 1. The molecule has 0 radical (unpaired) electrons. The van der Waals surface area contributed by atoms with Crippen molar-refractivity contribution >= 4 is 30.2 Å². The predicted octanol–water partition coefficient (Wildman–Crippen LogP) is 5.38. The Bertz CT molecular complexity index is 1580. The standard InChI is InChI=1S/C32H36FN4O4P/c1-42(2)25-8-6-23(26(33)17-25)20-41-31-5-3-4-27(35-31)21-10-13-36(14-11-21)19-30-34-28-9-7-22(32(38)39)16-29(28)37(30)18-24-12-15-40-24/h3-9,16-17,21,24H,10-15,18-20H2,1-2H3,(H,38,39). The molecule has 4 heterocycles. The van der Waals surface area contributed by atoms with E-state index in [2.05, 4.69) is 22.8 Å². The van der Waals surface area contributed by atoms with Crippen molar-refractivity contribution in [2.24, 2.45) is 0 Å². The Morgan fingerprint density at radius 3 is 2.60 bits per heavy atom. The molecule has 2 aliphatic heterocycles. The van der Waals surface area contributed by atoms with Crippen molar-refractivity contribution in [1.82, 2.24) is 19.4 Å². The first-order chi connectivity index (χ1) is 20.3. The molecule has 0 aliphatic carbocycles. The lowest BCUT2D eigenvalue weighted by atomic mass is 9.93. The zero-order valence-corrected chi connectivity index (χ0v) is 24.9. The number of aromatic nitrogens is 3. The summed E-state index contributed by atoms with van der Waals surface area (Å²) in [5.41, 5.74) is 3.44. The molecule has 0 bridgehead atoms. The quantitative estimate of drug-likeness (QED) is 0.248. The van der Waals surface area contributed by atoms with Gasteiger partial charge in [0, 0.05) is 29.8 Å². The number of pyridine rings is 1. The molecule has 0 saturated carbocycles. The van der Waals surface area contributed by atoms with Crippen molar-refractivity contribution in [1.29, 1.82) is 0 Å². The van der Waals surface area contributed by atoms with Gasteiger partial charge in [0.05, 0.1) is 35.8 Å². The van der Waals surface area contributed by atoms with E-state index in [4.69, 9.17) is 19.4 Å². The fourth-order valence-corrected chi connectivity index (χ4v) is 6.41. The van der Waals surface area contributed by atoms with Gasteiger partial charge in [-0.25, -0.2) is 19.2 Å². The zero-order chi connectivity index (χ0) is 29.2. The van der Waals surface area contributed by atoms with E-state index >= 15 is 0 Å². The van der Waals surface area contributed by atoms with E-state index in [0.717, 1.165) is 66.8 Å². The maximum absolute atomic E-state index is 14.6. The number of halogens is 1. The number of ether oxygens (including phenoxy) is 2. The smallest absolute Gasteiger partial charge is 0.335 e. The molecule has 0 amide bonds. The molecular weight excluding hydrogens is 554 g/mol. The molecule has 2 aromatic heterocycles. The highest BCUT2D eigenvalue weighted by Gasteiger charge is 2.26. The number of likely N-dealkylation sites (tertiary alicyclic amines) is 1. The van der Waals surface area contributed by atoms with Gasteiger partial charge in [0.1, 0.15) is 18.2 Å². The second kappa shape index (κ2) is 12.5. The van der Waals surface area contributed by atoms with E-state index in [9.17, 15) is 14.3 Å². The van der Waals surface area contributed by atoms with Gasteiger partial charge in [-0.15, -0.1) is 0 Å². The summed E-state index contributed by atoms with van der Waals surface area (Å²) in [4.78, 5) is 23.7. The molecule has 42 heavy (non-hydrogen) atoms. The first kappa shape index (κ1) is 28.7. The van der Waals surface area contributed by atoms with Crippen molar-refractivity contribution in [2.75, 3.05) is 33.0 Å². The number of fused-ring (bicyclic) bond motifs is 1. The van der Waals surface area contributed by atoms with Gasteiger partial charge in [-0.3, -0.25) is 4.90 Å². The van der Waals surface area contributed by atoms with Crippen LogP contribution in [0.5, 0.6) is 5.88 Å². The minimum Gasteiger partial charge on any atom is -0.478 e. The lowest BCUT2D eigenvalue weighted by Crippen LogP contribution is -2.35. The number of aromatic carboxylic acids is 1. The Labute approximate surface area is 246 Å². The number of imidazole rings is 1. The first-order valence-electron chi connectivity index (χ1n) is 14.5. The van der Waals surface area contributed by atoms with Crippen LogP contribution in [0.1, 0.15) is 52.6 Å². The molecular formula is C32H36FN4O4P. The number of carboxylic acid groups (broad SMARTS) is 1. The number of hydrogen-bond acceptors (Lipinski definition) is 6. The molecule has 1 N–H and O–H groups in total. The van der Waals surface area contributed by atoms with Crippen molar-refractivity contribution < 1.29 is 23.8 Å². The second-order valence-corrected chi connectivity index (χ2v) is 13.6. The van der Waals surface area contributed by atoms with Gasteiger partial charge in [-0.05, 0) is 81.3 Å². The summed E-state index contributed by atoms with van der Waals surface area (Å²) in [5.74, 6) is 0.589. The van der Waals surface area contributed by atoms with Crippen LogP contribution in [0.25, 0.3) is 11.0 Å². The van der Waals surface area contributed by atoms with Crippen LogP contribution in [-0.2, 0) is 24.4 Å². The molecule has 8 nitrogen and oxygen atoms in total. The number of benzene rings is 2. The Balaban J connectivity index is 1.09. The van der Waals surface area contributed by atoms with Gasteiger partial charge >= 0.3 is 5.97 Å². The Hall–Kier alpha value is -3.39. The van der Waals surface area contributed by atoms with Gasteiger partial charge in [-0.2, -0.15) is 0 Å². The summed E-state index contributed by atoms with van der Waals surface area (Å²) < 4.78 is 28.3. The van der Waals surface area contributed by atoms with Gasteiger partial charge in [0.25, 0.3) is 0 Å². The number of piperidine rings is 1. The van der Waals surface area contributed by atoms with Crippen molar-refractivity contribution in [3.05, 3.63) is 83.1 Å². The third-order valence-electron chi connectivity index (χ3n) is 8.30. The Kier molecular flexibility index (Phi) is 8.52. The fraction of sp³-hybridized carbons (Fsp3) is 0.406. The highest BCUT2D eigenvalue weighted by molar-refractivity contribution is 7.64. The van der Waals surface area contributed by atoms with Crippen LogP contribution in [0.3, 0.4) is 0 Å². The van der Waals surface area contributed by atoms with E-state index in [1.165, 1.54) is 0 Å². The van der Waals surface area contributed by atoms with E-state index in [-0.39, 0.29) is 32.0 Å². The van der Waals surface area contributed by atoms with Gasteiger partial charge in [0.15, 0.2) is 0 Å². The van der Waals surface area contributed by atoms with E-state index < -0.39 is 5.97 Å². The normalized spacial score (nSPS) is 18.0. The molecule has 2 aliphatic rings. The molecule has 1 atom stereocenters. The molecule has 0 spiro atoms. The Morgan fingerprint density at radius 1 is 1.10 bits per heavy atom. The minimum absolute atomic E-state index is 0.137. The third kappa shape index (κ3) is 6.33. The molecule has 2 aromatic carbocycles. The average Bonchev–Trinajstić information content (AvgIpc) is 3.30. The molecule has 220 valence electrons. The molecule has 10 heteroatoms. The summed E-state index contributed by atoms with van der Waals surface area (Å²) in [6.45, 7) is 8.30.